The molecular weight excluding hydrogens is 549 g/mol. The van der Waals surface area contributed by atoms with Gasteiger partial charge in [0, 0.05) is 0 Å². The van der Waals surface area contributed by atoms with E-state index in [4.69, 9.17) is 4.74 Å². The van der Waals surface area contributed by atoms with Gasteiger partial charge in [0.25, 0.3) is 0 Å². The zero-order valence-electron chi connectivity index (χ0n) is 22.9. The maximum absolute atomic E-state index is 13.6. The molecule has 0 aromatic heterocycles. The van der Waals surface area contributed by atoms with E-state index in [1.165, 1.54) is 12.7 Å². The van der Waals surface area contributed by atoms with Crippen LogP contribution >= 0.6 is 0 Å². The first-order valence-electron chi connectivity index (χ1n) is 12.5. The van der Waals surface area contributed by atoms with Gasteiger partial charge in [0.05, 0.1) is 0 Å². The fourth-order valence-corrected chi connectivity index (χ4v) is 11.2. The second-order valence-corrected chi connectivity index (χ2v) is 15.7. The Morgan fingerprint density at radius 1 is 0.811 bits per heavy atom. The summed E-state index contributed by atoms with van der Waals surface area (Å²) in [6.45, 7) is 14.9. The summed E-state index contributed by atoms with van der Waals surface area (Å²) in [6.07, 6.45) is 0. The number of methoxy groups -OCH3 is 1. The molecule has 0 saturated carbocycles. The van der Waals surface area contributed by atoms with Crippen LogP contribution in [0.1, 0.15) is 91.9 Å². The summed E-state index contributed by atoms with van der Waals surface area (Å²) in [4.78, 5) is 12.3. The number of carbonyl (C=O) groups excluding carboxylic acids is 1. The summed E-state index contributed by atoms with van der Waals surface area (Å²) in [5.41, 5.74) is 4.92. The molecule has 198 valence electrons. The van der Waals surface area contributed by atoms with E-state index >= 15 is 0 Å². The number of esters is 1. The van der Waals surface area contributed by atoms with Gasteiger partial charge in [-0.1, -0.05) is 0 Å². The molecule has 0 heterocycles. The molecule has 3 aromatic carbocycles. The number of hydrogen-bond donors (Lipinski definition) is 0. The molecule has 0 aliphatic heterocycles. The van der Waals surface area contributed by atoms with Gasteiger partial charge in [-0.3, -0.25) is 0 Å². The van der Waals surface area contributed by atoms with E-state index in [2.05, 4.69) is 57.0 Å². The van der Waals surface area contributed by atoms with E-state index in [1.54, 1.807) is 36.4 Å². The second-order valence-electron chi connectivity index (χ2n) is 10.2. The first-order valence-corrected chi connectivity index (χ1v) is 16.4. The molecule has 7 heteroatoms. The van der Waals surface area contributed by atoms with Gasteiger partial charge in [-0.05, 0) is 0 Å². The molecule has 5 nitrogen and oxygen atoms in total. The van der Waals surface area contributed by atoms with E-state index in [-0.39, 0.29) is 16.7 Å². The third kappa shape index (κ3) is 6.64. The number of ether oxygens (including phenoxy) is 1. The quantitative estimate of drug-likeness (QED) is 0.243. The number of aryl methyl sites for hydroxylation is 1. The summed E-state index contributed by atoms with van der Waals surface area (Å²) in [7, 11) is -2.58. The molecule has 0 spiro atoms. The van der Waals surface area contributed by atoms with E-state index in [0.29, 0.717) is 11.5 Å². The van der Waals surface area contributed by atoms with Gasteiger partial charge < -0.3 is 0 Å². The molecule has 3 aromatic rings. The van der Waals surface area contributed by atoms with Crippen LogP contribution in [0.25, 0.3) is 0 Å². The average molecular weight is 587 g/mol. The number of nitrogens with zero attached hydrogens (tertiary/aromatic N) is 1. The van der Waals surface area contributed by atoms with Gasteiger partial charge in [-0.25, -0.2) is 0 Å². The zero-order valence-corrected chi connectivity index (χ0v) is 25.4. The monoisotopic (exact) mass is 587 g/mol. The average Bonchev–Trinajstić information content (AvgIpc) is 2.86. The summed E-state index contributed by atoms with van der Waals surface area (Å²) >= 11 is -2.49. The minimum absolute atomic E-state index is 0.184. The predicted octanol–water partition coefficient (Wildman–Crippen LogP) is 5.92. The van der Waals surface area contributed by atoms with Crippen molar-refractivity contribution in [1.82, 2.24) is 0 Å². The molecule has 0 bridgehead atoms. The van der Waals surface area contributed by atoms with Crippen molar-refractivity contribution in [3.63, 3.8) is 0 Å². The number of carbonyl (C=O) groups is 1. The van der Waals surface area contributed by atoms with Crippen molar-refractivity contribution < 1.29 is 17.9 Å². The summed E-state index contributed by atoms with van der Waals surface area (Å²) in [5, 5.41) is 0. The first-order chi connectivity index (χ1) is 17.4. The van der Waals surface area contributed by atoms with Crippen LogP contribution in [0.5, 0.6) is 0 Å². The van der Waals surface area contributed by atoms with Crippen molar-refractivity contribution >= 4 is 38.6 Å². The molecule has 1 unspecified atom stereocenters. The number of benzene rings is 3. The molecule has 37 heavy (non-hydrogen) atoms. The van der Waals surface area contributed by atoms with E-state index in [1.807, 2.05) is 19.1 Å². The standard InChI is InChI=1S/C30H37NO4SSe/c1-19(2)24-17-27(20(3)4)29(28(18-24)21(5)6)37(26-15-11-23(12-16-26)30(32)35-8)31-36(33,34)25-13-9-22(7)10-14-25/h9-21H,1-8H3. The van der Waals surface area contributed by atoms with Gasteiger partial charge in [0.15, 0.2) is 0 Å². The van der Waals surface area contributed by atoms with Crippen molar-refractivity contribution in [1.29, 1.82) is 0 Å². The number of rotatable bonds is 8. The third-order valence-electron chi connectivity index (χ3n) is 6.26. The van der Waals surface area contributed by atoms with Crippen molar-refractivity contribution in [3.05, 3.63) is 88.5 Å². The molecule has 0 aliphatic rings. The fraction of sp³-hybridized carbons (Fsp3) is 0.367. The normalized spacial score (nSPS) is 12.9. The molecule has 0 fully saturated rings. The Balaban J connectivity index is 2.40. The predicted molar refractivity (Wildman–Crippen MR) is 152 cm³/mol. The van der Waals surface area contributed by atoms with Crippen LogP contribution in [0.15, 0.2) is 68.9 Å². The van der Waals surface area contributed by atoms with Crippen LogP contribution in [0.2, 0.25) is 0 Å². The Morgan fingerprint density at radius 2 is 1.32 bits per heavy atom. The van der Waals surface area contributed by atoms with E-state index < -0.39 is 29.7 Å². The van der Waals surface area contributed by atoms with Crippen LogP contribution < -0.4 is 8.92 Å². The molecule has 0 amide bonds. The summed E-state index contributed by atoms with van der Waals surface area (Å²) < 4.78 is 38.7. The number of sulfonamides is 1. The summed E-state index contributed by atoms with van der Waals surface area (Å²) in [5.74, 6) is 0.280. The Labute approximate surface area is 226 Å². The second kappa shape index (κ2) is 11.8. The zero-order chi connectivity index (χ0) is 27.5. The Hall–Kier alpha value is -2.60. The molecule has 3 rings (SSSR count). The van der Waals surface area contributed by atoms with Gasteiger partial charge >= 0.3 is 227 Å². The van der Waals surface area contributed by atoms with E-state index in [9.17, 15) is 13.2 Å². The van der Waals surface area contributed by atoms with Gasteiger partial charge in [0.2, 0.25) is 0 Å². The first kappa shape index (κ1) is 29.0. The van der Waals surface area contributed by atoms with Gasteiger partial charge in [0.1, 0.15) is 0 Å². The molecule has 0 aliphatic carbocycles. The van der Waals surface area contributed by atoms with Crippen LogP contribution in [-0.4, -0.2) is 35.2 Å². The Morgan fingerprint density at radius 3 is 1.76 bits per heavy atom. The van der Waals surface area contributed by atoms with Crippen LogP contribution in [0.4, 0.5) is 0 Å². The van der Waals surface area contributed by atoms with Crippen molar-refractivity contribution in [3.8, 4) is 0 Å². The van der Waals surface area contributed by atoms with Crippen molar-refractivity contribution in [2.75, 3.05) is 7.11 Å². The van der Waals surface area contributed by atoms with E-state index in [0.717, 1.165) is 25.6 Å². The molecule has 0 saturated heterocycles. The molecular formula is C30H37NO4SSe. The topological polar surface area (TPSA) is 72.8 Å². The minimum atomic E-state index is -3.93. The fourth-order valence-electron chi connectivity index (χ4n) is 4.00. The number of hydrogen-bond acceptors (Lipinski definition) is 4. The Kier molecular flexibility index (Phi) is 9.27. The van der Waals surface area contributed by atoms with Crippen molar-refractivity contribution in [2.24, 2.45) is 3.37 Å². The van der Waals surface area contributed by atoms with Crippen LogP contribution in [0, 0.1) is 6.92 Å². The molecule has 0 radical (unpaired) electrons. The molecule has 0 N–H and O–H groups in total. The third-order valence-corrected chi connectivity index (χ3v) is 13.0. The SMILES string of the molecule is COC(=O)c1ccc(/[Se](=N\S(=O)(=O)c2ccc(C)cc2)c2c(C(C)C)cc(C(C)C)cc2C(C)C)cc1. The summed E-state index contributed by atoms with van der Waals surface area (Å²) in [6, 6.07) is 18.3. The molecule has 1 atom stereocenters. The van der Waals surface area contributed by atoms with Crippen LogP contribution in [-0.2, 0) is 14.8 Å². The van der Waals surface area contributed by atoms with Crippen LogP contribution in [0.3, 0.4) is 0 Å². The van der Waals surface area contributed by atoms with Gasteiger partial charge in [-0.2, -0.15) is 0 Å². The van der Waals surface area contributed by atoms with Gasteiger partial charge in [-0.15, -0.1) is 0 Å². The maximum atomic E-state index is 13.6. The Bertz CT molecular complexity index is 1380. The van der Waals surface area contributed by atoms with Crippen molar-refractivity contribution in [2.45, 2.75) is 71.1 Å².